The van der Waals surface area contributed by atoms with E-state index in [0.29, 0.717) is 5.75 Å². The Bertz CT molecular complexity index is 377. The first-order valence-corrected chi connectivity index (χ1v) is 7.23. The average molecular weight is 270 g/mol. The summed E-state index contributed by atoms with van der Waals surface area (Å²) >= 11 is 0. The van der Waals surface area contributed by atoms with Crippen LogP contribution in [0.4, 0.5) is 0 Å². The molecule has 102 valence electrons. The maximum Gasteiger partial charge on any atom is 0.391 e. The highest BCUT2D eigenvalue weighted by Gasteiger charge is 2.27. The number of hydrogen-bond acceptors (Lipinski definition) is 3. The van der Waals surface area contributed by atoms with Gasteiger partial charge in [0.2, 0.25) is 0 Å². The van der Waals surface area contributed by atoms with Crippen LogP contribution in [0.5, 0.6) is 5.75 Å². The molecule has 3 nitrogen and oxygen atoms in total. The number of rotatable bonds is 4. The normalized spacial score (nSPS) is 12.9. The van der Waals surface area contributed by atoms with Crippen molar-refractivity contribution in [2.75, 3.05) is 0 Å². The third-order valence-electron chi connectivity index (χ3n) is 2.80. The van der Waals surface area contributed by atoms with Gasteiger partial charge in [-0.2, -0.15) is 0 Å². The van der Waals surface area contributed by atoms with Crippen molar-refractivity contribution in [1.82, 2.24) is 0 Å². The minimum atomic E-state index is -2.34. The van der Waals surface area contributed by atoms with Crippen LogP contribution in [0.3, 0.4) is 0 Å². The Morgan fingerprint density at radius 3 is 1.89 bits per heavy atom. The molecule has 0 fully saturated rings. The molecule has 0 aliphatic heterocycles. The number of hydrogen-bond donors (Lipinski definition) is 2. The summed E-state index contributed by atoms with van der Waals surface area (Å²) in [4.78, 5) is 17.6. The molecule has 1 aromatic carbocycles. The summed E-state index contributed by atoms with van der Waals surface area (Å²) in [6.07, 6.45) is 1.08. The molecule has 0 saturated carbocycles. The Morgan fingerprint density at radius 1 is 1.00 bits per heavy atom. The molecule has 0 bridgehead atoms. The van der Waals surface area contributed by atoms with E-state index >= 15 is 0 Å². The van der Waals surface area contributed by atoms with E-state index in [-0.39, 0.29) is 10.8 Å². The van der Waals surface area contributed by atoms with E-state index in [1.54, 1.807) is 12.1 Å². The molecule has 18 heavy (non-hydrogen) atoms. The van der Waals surface area contributed by atoms with Crippen LogP contribution in [0.25, 0.3) is 0 Å². The molecule has 0 unspecified atom stereocenters. The highest BCUT2D eigenvalue weighted by Crippen LogP contribution is 2.37. The fraction of sp³-hybridized carbons (Fsp3) is 0.571. The Balaban J connectivity index is 2.84. The van der Waals surface area contributed by atoms with E-state index in [4.69, 9.17) is 14.3 Å². The van der Waals surface area contributed by atoms with Crippen molar-refractivity contribution in [3.63, 3.8) is 0 Å². The van der Waals surface area contributed by atoms with Crippen molar-refractivity contribution in [3.05, 3.63) is 29.8 Å². The van der Waals surface area contributed by atoms with Gasteiger partial charge in [-0.15, -0.1) is 0 Å². The predicted octanol–water partition coefficient (Wildman–Crippen LogP) is 3.99. The molecular formula is C14H23O3P. The van der Waals surface area contributed by atoms with Gasteiger partial charge in [-0.05, 0) is 34.9 Å². The van der Waals surface area contributed by atoms with Crippen LogP contribution >= 0.6 is 8.60 Å². The largest absolute Gasteiger partial charge is 0.427 e. The molecule has 0 spiro atoms. The SMILES string of the molecule is CC(C)(C)CC(C)(C)c1ccc(OP(O)O)cc1. The van der Waals surface area contributed by atoms with Crippen LogP contribution in [-0.2, 0) is 5.41 Å². The third kappa shape index (κ3) is 4.93. The van der Waals surface area contributed by atoms with Gasteiger partial charge in [0, 0.05) is 0 Å². The zero-order valence-corrected chi connectivity index (χ0v) is 12.7. The smallest absolute Gasteiger partial charge is 0.391 e. The van der Waals surface area contributed by atoms with Gasteiger partial charge in [0.25, 0.3) is 0 Å². The molecule has 2 N–H and O–H groups in total. The highest BCUT2D eigenvalue weighted by atomic mass is 31.2. The van der Waals surface area contributed by atoms with Crippen molar-refractivity contribution in [1.29, 1.82) is 0 Å². The molecule has 0 atom stereocenters. The molecule has 0 radical (unpaired) electrons. The Morgan fingerprint density at radius 2 is 1.50 bits per heavy atom. The van der Waals surface area contributed by atoms with Crippen LogP contribution in [0.15, 0.2) is 24.3 Å². The highest BCUT2D eigenvalue weighted by molar-refractivity contribution is 7.39. The maximum atomic E-state index is 8.79. The quantitative estimate of drug-likeness (QED) is 0.813. The standard InChI is InChI=1S/C14H23O3P/c1-13(2,3)10-14(4,5)11-6-8-12(9-7-11)17-18(15)16/h6-9,15-16H,10H2,1-5H3. The van der Waals surface area contributed by atoms with E-state index in [9.17, 15) is 0 Å². The van der Waals surface area contributed by atoms with Gasteiger partial charge in [0.15, 0.2) is 0 Å². The molecule has 0 aliphatic carbocycles. The van der Waals surface area contributed by atoms with Crippen molar-refractivity contribution >= 4 is 8.60 Å². The summed E-state index contributed by atoms with van der Waals surface area (Å²) in [6, 6.07) is 7.53. The third-order valence-corrected chi connectivity index (χ3v) is 3.17. The van der Waals surface area contributed by atoms with E-state index < -0.39 is 8.60 Å². The lowest BCUT2D eigenvalue weighted by Crippen LogP contribution is -2.24. The van der Waals surface area contributed by atoms with E-state index in [1.165, 1.54) is 5.56 Å². The van der Waals surface area contributed by atoms with Crippen LogP contribution in [0.2, 0.25) is 0 Å². The summed E-state index contributed by atoms with van der Waals surface area (Å²) in [5, 5.41) is 0. The first-order valence-electron chi connectivity index (χ1n) is 6.07. The van der Waals surface area contributed by atoms with Gasteiger partial charge < -0.3 is 14.3 Å². The van der Waals surface area contributed by atoms with E-state index in [0.717, 1.165) is 6.42 Å². The fourth-order valence-corrected chi connectivity index (χ4v) is 2.80. The molecular weight excluding hydrogens is 247 g/mol. The Hall–Kier alpha value is -0.630. The van der Waals surface area contributed by atoms with Crippen LogP contribution in [-0.4, -0.2) is 9.79 Å². The summed E-state index contributed by atoms with van der Waals surface area (Å²) < 4.78 is 4.86. The maximum absolute atomic E-state index is 8.79. The topological polar surface area (TPSA) is 49.7 Å². The molecule has 0 amide bonds. The fourth-order valence-electron chi connectivity index (χ4n) is 2.49. The summed E-state index contributed by atoms with van der Waals surface area (Å²) in [6.45, 7) is 11.1. The summed E-state index contributed by atoms with van der Waals surface area (Å²) in [5.74, 6) is 0.487. The zero-order valence-electron chi connectivity index (χ0n) is 11.8. The molecule has 0 aliphatic rings. The lowest BCUT2D eigenvalue weighted by molar-refractivity contribution is 0.284. The van der Waals surface area contributed by atoms with Crippen LogP contribution < -0.4 is 4.52 Å². The summed E-state index contributed by atoms with van der Waals surface area (Å²) in [5.41, 5.74) is 1.58. The predicted molar refractivity (Wildman–Crippen MR) is 75.5 cm³/mol. The lowest BCUT2D eigenvalue weighted by Gasteiger charge is -2.33. The second-order valence-electron chi connectivity index (χ2n) is 6.49. The molecule has 4 heteroatoms. The summed E-state index contributed by atoms with van der Waals surface area (Å²) in [7, 11) is -2.34. The van der Waals surface area contributed by atoms with Gasteiger partial charge >= 0.3 is 8.60 Å². The molecule has 1 aromatic rings. The van der Waals surface area contributed by atoms with Crippen molar-refractivity contribution in [3.8, 4) is 5.75 Å². The number of benzene rings is 1. The average Bonchev–Trinajstić information content (AvgIpc) is 2.13. The first-order chi connectivity index (χ1) is 8.10. The van der Waals surface area contributed by atoms with Gasteiger partial charge in [-0.1, -0.05) is 46.8 Å². The molecule has 0 saturated heterocycles. The van der Waals surface area contributed by atoms with Gasteiger partial charge in [-0.3, -0.25) is 0 Å². The second kappa shape index (κ2) is 5.56. The van der Waals surface area contributed by atoms with Crippen LogP contribution in [0, 0.1) is 5.41 Å². The Kier molecular flexibility index (Phi) is 4.77. The minimum Gasteiger partial charge on any atom is -0.427 e. The lowest BCUT2D eigenvalue weighted by atomic mass is 9.72. The van der Waals surface area contributed by atoms with Crippen LogP contribution in [0.1, 0.15) is 46.6 Å². The van der Waals surface area contributed by atoms with Crippen molar-refractivity contribution < 1.29 is 14.3 Å². The minimum absolute atomic E-state index is 0.0833. The second-order valence-corrected chi connectivity index (χ2v) is 7.18. The van der Waals surface area contributed by atoms with Crippen molar-refractivity contribution in [2.45, 2.75) is 46.5 Å². The zero-order chi connectivity index (χ0) is 14.0. The molecule has 0 heterocycles. The van der Waals surface area contributed by atoms with E-state index in [2.05, 4.69) is 34.6 Å². The molecule has 1 rings (SSSR count). The van der Waals surface area contributed by atoms with E-state index in [1.807, 2.05) is 12.1 Å². The first kappa shape index (κ1) is 15.4. The van der Waals surface area contributed by atoms with Gasteiger partial charge in [0.1, 0.15) is 5.75 Å². The molecule has 0 aromatic heterocycles. The van der Waals surface area contributed by atoms with Gasteiger partial charge in [-0.25, -0.2) is 0 Å². The van der Waals surface area contributed by atoms with Gasteiger partial charge in [0.05, 0.1) is 0 Å². The Labute approximate surface area is 111 Å². The monoisotopic (exact) mass is 270 g/mol. The van der Waals surface area contributed by atoms with Crippen molar-refractivity contribution in [2.24, 2.45) is 5.41 Å².